The van der Waals surface area contributed by atoms with Crippen LogP contribution in [0.15, 0.2) is 24.3 Å². The fourth-order valence-corrected chi connectivity index (χ4v) is 2.04. The van der Waals surface area contributed by atoms with Gasteiger partial charge >= 0.3 is 12.3 Å². The van der Waals surface area contributed by atoms with Gasteiger partial charge in [-0.15, -0.1) is 0 Å². The first-order chi connectivity index (χ1) is 12.2. The van der Waals surface area contributed by atoms with E-state index in [1.807, 2.05) is 5.32 Å². The predicted octanol–water partition coefficient (Wildman–Crippen LogP) is 2.24. The van der Waals surface area contributed by atoms with E-state index in [2.05, 4.69) is 10.1 Å². The Balaban J connectivity index is 2.66. The lowest BCUT2D eigenvalue weighted by atomic mass is 10.1. The number of amides is 3. The molecule has 10 heteroatoms. The maximum Gasteiger partial charge on any atom is 0.418 e. The molecule has 0 radical (unpaired) electrons. The van der Waals surface area contributed by atoms with Crippen molar-refractivity contribution in [3.05, 3.63) is 29.8 Å². The van der Waals surface area contributed by atoms with Crippen LogP contribution < -0.4 is 10.6 Å². The molecule has 0 heterocycles. The molecule has 1 rings (SSSR count). The number of nitrogens with zero attached hydrogens (tertiary/aromatic N) is 1. The molecule has 144 valence electrons. The largest absolute Gasteiger partial charge is 0.450 e. The van der Waals surface area contributed by atoms with E-state index in [-0.39, 0.29) is 31.9 Å². The van der Waals surface area contributed by atoms with E-state index in [9.17, 15) is 27.6 Å². The summed E-state index contributed by atoms with van der Waals surface area (Å²) in [5, 5.41) is 4.17. The summed E-state index contributed by atoms with van der Waals surface area (Å²) in [4.78, 5) is 36.2. The van der Waals surface area contributed by atoms with Gasteiger partial charge in [0.2, 0.25) is 11.8 Å². The van der Waals surface area contributed by atoms with E-state index in [0.29, 0.717) is 0 Å². The van der Waals surface area contributed by atoms with Crippen LogP contribution in [0.3, 0.4) is 0 Å². The third kappa shape index (κ3) is 7.09. The van der Waals surface area contributed by atoms with Crippen molar-refractivity contribution in [2.75, 3.05) is 31.6 Å². The molecule has 3 amide bonds. The molecule has 0 saturated carbocycles. The molecule has 0 aliphatic carbocycles. The minimum absolute atomic E-state index is 0.0949. The number of halogens is 3. The molecule has 0 spiro atoms. The summed E-state index contributed by atoms with van der Waals surface area (Å²) in [6, 6.07) is 4.59. The zero-order valence-corrected chi connectivity index (χ0v) is 14.4. The van der Waals surface area contributed by atoms with E-state index < -0.39 is 29.6 Å². The van der Waals surface area contributed by atoms with Gasteiger partial charge in [0.15, 0.2) is 0 Å². The molecule has 1 aromatic rings. The van der Waals surface area contributed by atoms with Gasteiger partial charge in [-0.25, -0.2) is 4.79 Å². The second kappa shape index (κ2) is 9.76. The van der Waals surface area contributed by atoms with Gasteiger partial charge in [0.25, 0.3) is 0 Å². The van der Waals surface area contributed by atoms with Crippen LogP contribution in [0, 0.1) is 0 Å². The second-order valence-electron chi connectivity index (χ2n) is 5.16. The summed E-state index contributed by atoms with van der Waals surface area (Å²) in [6.45, 7) is 2.99. The normalized spacial score (nSPS) is 11.2. The highest BCUT2D eigenvalue weighted by Gasteiger charge is 2.33. The van der Waals surface area contributed by atoms with Crippen LogP contribution in [-0.4, -0.2) is 49.0 Å². The smallest absolute Gasteiger partial charge is 0.418 e. The minimum Gasteiger partial charge on any atom is -0.450 e. The average molecular weight is 375 g/mol. The van der Waals surface area contributed by atoms with Crippen molar-refractivity contribution >= 4 is 23.6 Å². The Hall–Kier alpha value is -2.62. The SMILES string of the molecule is CCOC(=O)NC(=O)CN(CC)CC(=O)Nc1ccccc1C(F)(F)F. The van der Waals surface area contributed by atoms with Crippen molar-refractivity contribution < 1.29 is 32.3 Å². The number of carbonyl (C=O) groups excluding carboxylic acids is 3. The van der Waals surface area contributed by atoms with Gasteiger partial charge < -0.3 is 10.1 Å². The van der Waals surface area contributed by atoms with Crippen LogP contribution in [0.2, 0.25) is 0 Å². The van der Waals surface area contributed by atoms with Crippen LogP contribution in [0.25, 0.3) is 0 Å². The molecular formula is C16H20F3N3O4. The zero-order chi connectivity index (χ0) is 19.7. The number of ether oxygens (including phenoxy) is 1. The molecular weight excluding hydrogens is 355 g/mol. The summed E-state index contributed by atoms with van der Waals surface area (Å²) < 4.78 is 43.3. The molecule has 0 atom stereocenters. The highest BCUT2D eigenvalue weighted by Crippen LogP contribution is 2.34. The summed E-state index contributed by atoms with van der Waals surface area (Å²) in [5.41, 5.74) is -1.33. The Kier molecular flexibility index (Phi) is 8.04. The molecule has 26 heavy (non-hydrogen) atoms. The number of para-hydroxylation sites is 1. The lowest BCUT2D eigenvalue weighted by Gasteiger charge is -2.20. The van der Waals surface area contributed by atoms with Crippen molar-refractivity contribution in [3.63, 3.8) is 0 Å². The first-order valence-corrected chi connectivity index (χ1v) is 7.82. The molecule has 0 aliphatic rings. The number of imide groups is 1. The van der Waals surface area contributed by atoms with Crippen molar-refractivity contribution in [3.8, 4) is 0 Å². The summed E-state index contributed by atoms with van der Waals surface area (Å²) in [5.74, 6) is -1.40. The highest BCUT2D eigenvalue weighted by atomic mass is 19.4. The zero-order valence-electron chi connectivity index (χ0n) is 14.4. The average Bonchev–Trinajstić information content (AvgIpc) is 2.53. The quantitative estimate of drug-likeness (QED) is 0.763. The van der Waals surface area contributed by atoms with E-state index in [1.54, 1.807) is 13.8 Å². The number of rotatable bonds is 7. The fraction of sp³-hybridized carbons (Fsp3) is 0.438. The maximum absolute atomic E-state index is 12.9. The van der Waals surface area contributed by atoms with Gasteiger partial charge in [-0.3, -0.25) is 19.8 Å². The standard InChI is InChI=1S/C16H20F3N3O4/c1-3-22(10-14(24)21-15(25)26-4-2)9-13(23)20-12-8-6-5-7-11(12)16(17,18)19/h5-8H,3-4,9-10H2,1-2H3,(H,20,23)(H,21,24,25). The number of alkyl carbamates (subject to hydrolysis) is 1. The Morgan fingerprint density at radius 1 is 1.08 bits per heavy atom. The molecule has 0 bridgehead atoms. The minimum atomic E-state index is -4.60. The molecule has 0 aromatic heterocycles. The number of anilines is 1. The van der Waals surface area contributed by atoms with Crippen LogP contribution >= 0.6 is 0 Å². The van der Waals surface area contributed by atoms with Gasteiger partial charge in [0.1, 0.15) is 0 Å². The first kappa shape index (κ1) is 21.4. The molecule has 1 aromatic carbocycles. The van der Waals surface area contributed by atoms with Crippen molar-refractivity contribution in [1.82, 2.24) is 10.2 Å². The van der Waals surface area contributed by atoms with Crippen molar-refractivity contribution in [1.29, 1.82) is 0 Å². The number of hydrogen-bond acceptors (Lipinski definition) is 5. The van der Waals surface area contributed by atoms with E-state index in [4.69, 9.17) is 0 Å². The molecule has 2 N–H and O–H groups in total. The van der Waals surface area contributed by atoms with Gasteiger partial charge in [-0.05, 0) is 25.6 Å². The van der Waals surface area contributed by atoms with Gasteiger partial charge in [0, 0.05) is 0 Å². The molecule has 0 fully saturated rings. The van der Waals surface area contributed by atoms with Crippen molar-refractivity contribution in [2.24, 2.45) is 0 Å². The number of alkyl halides is 3. The lowest BCUT2D eigenvalue weighted by molar-refractivity contribution is -0.137. The van der Waals surface area contributed by atoms with Gasteiger partial charge in [-0.1, -0.05) is 19.1 Å². The highest BCUT2D eigenvalue weighted by molar-refractivity contribution is 5.95. The molecule has 7 nitrogen and oxygen atoms in total. The second-order valence-corrected chi connectivity index (χ2v) is 5.16. The molecule has 0 saturated heterocycles. The Labute approximate surface area is 148 Å². The third-order valence-electron chi connectivity index (χ3n) is 3.21. The van der Waals surface area contributed by atoms with E-state index in [0.717, 1.165) is 12.1 Å². The van der Waals surface area contributed by atoms with Crippen LogP contribution in [-0.2, 0) is 20.5 Å². The number of hydrogen-bond donors (Lipinski definition) is 2. The first-order valence-electron chi connectivity index (χ1n) is 7.82. The number of benzene rings is 1. The molecule has 0 unspecified atom stereocenters. The maximum atomic E-state index is 12.9. The third-order valence-corrected chi connectivity index (χ3v) is 3.21. The van der Waals surface area contributed by atoms with Crippen LogP contribution in [0.5, 0.6) is 0 Å². The monoisotopic (exact) mass is 375 g/mol. The fourth-order valence-electron chi connectivity index (χ4n) is 2.04. The van der Waals surface area contributed by atoms with Crippen molar-refractivity contribution in [2.45, 2.75) is 20.0 Å². The van der Waals surface area contributed by atoms with Gasteiger partial charge in [0.05, 0.1) is 30.9 Å². The van der Waals surface area contributed by atoms with Crippen LogP contribution in [0.4, 0.5) is 23.7 Å². The Morgan fingerprint density at radius 3 is 2.27 bits per heavy atom. The van der Waals surface area contributed by atoms with Gasteiger partial charge in [-0.2, -0.15) is 13.2 Å². The van der Waals surface area contributed by atoms with E-state index in [1.165, 1.54) is 17.0 Å². The number of nitrogens with one attached hydrogen (secondary N) is 2. The summed E-state index contributed by atoms with van der Waals surface area (Å²) in [7, 11) is 0. The Bertz CT molecular complexity index is 650. The predicted molar refractivity (Wildman–Crippen MR) is 87.4 cm³/mol. The summed E-state index contributed by atoms with van der Waals surface area (Å²) in [6.07, 6.45) is -5.51. The topological polar surface area (TPSA) is 87.7 Å². The van der Waals surface area contributed by atoms with E-state index >= 15 is 0 Å². The summed E-state index contributed by atoms with van der Waals surface area (Å²) >= 11 is 0. The number of carbonyl (C=O) groups is 3. The molecule has 0 aliphatic heterocycles. The number of likely N-dealkylation sites (N-methyl/N-ethyl adjacent to an activating group) is 1. The lowest BCUT2D eigenvalue weighted by Crippen LogP contribution is -2.43. The Morgan fingerprint density at radius 2 is 1.69 bits per heavy atom. The van der Waals surface area contributed by atoms with Crippen LogP contribution in [0.1, 0.15) is 19.4 Å².